The third-order valence-corrected chi connectivity index (χ3v) is 4.08. The third-order valence-electron chi connectivity index (χ3n) is 4.08. The highest BCUT2D eigenvalue weighted by molar-refractivity contribution is 6.00. The van der Waals surface area contributed by atoms with Gasteiger partial charge in [0.25, 0.3) is 5.91 Å². The molecular formula is C19H27N5O6. The lowest BCUT2D eigenvalue weighted by molar-refractivity contribution is -0.139. The van der Waals surface area contributed by atoms with Crippen molar-refractivity contribution >= 4 is 35.3 Å². The van der Waals surface area contributed by atoms with Crippen LogP contribution in [0.25, 0.3) is 0 Å². The molecule has 0 aliphatic heterocycles. The number of hydrogen-bond acceptors (Lipinski definition) is 6. The van der Waals surface area contributed by atoms with E-state index in [0.717, 1.165) is 6.42 Å². The fourth-order valence-electron chi connectivity index (χ4n) is 2.58. The van der Waals surface area contributed by atoms with Crippen molar-refractivity contribution in [3.63, 3.8) is 0 Å². The first kappa shape index (κ1) is 24.6. The lowest BCUT2D eigenvalue weighted by Gasteiger charge is -2.18. The minimum atomic E-state index is -1.35. The SMILES string of the molecule is CC(=O)NC(CCCCN)C(=O)Nc1ccc(C(=O)N[C@@H](CC(=O)O)C(N)=O)cc1. The van der Waals surface area contributed by atoms with Crippen molar-refractivity contribution in [2.75, 3.05) is 11.9 Å². The summed E-state index contributed by atoms with van der Waals surface area (Å²) in [5, 5.41) is 16.3. The van der Waals surface area contributed by atoms with Crippen molar-refractivity contribution in [3.8, 4) is 0 Å². The molecule has 1 aromatic rings. The van der Waals surface area contributed by atoms with Crippen LogP contribution in [0.5, 0.6) is 0 Å². The number of rotatable bonds is 12. The van der Waals surface area contributed by atoms with Crippen LogP contribution < -0.4 is 27.4 Å². The first-order valence-corrected chi connectivity index (χ1v) is 9.34. The van der Waals surface area contributed by atoms with E-state index in [9.17, 15) is 24.0 Å². The molecule has 0 saturated carbocycles. The van der Waals surface area contributed by atoms with Crippen LogP contribution in [0.15, 0.2) is 24.3 Å². The standard InChI is InChI=1S/C19H27N5O6/c1-11(25)22-14(4-2-3-9-20)19(30)23-13-7-5-12(6-8-13)18(29)24-15(17(21)28)10-16(26)27/h5-8,14-15H,2-4,9-10,20H2,1H3,(H2,21,28)(H,22,25)(H,23,30)(H,24,29)(H,26,27)/t14?,15-/m0/s1. The monoisotopic (exact) mass is 421 g/mol. The fraction of sp³-hybridized carbons (Fsp3) is 0.421. The van der Waals surface area contributed by atoms with E-state index in [1.807, 2.05) is 0 Å². The summed E-state index contributed by atoms with van der Waals surface area (Å²) in [5.41, 5.74) is 11.1. The van der Waals surface area contributed by atoms with E-state index in [1.54, 1.807) is 0 Å². The fourth-order valence-corrected chi connectivity index (χ4v) is 2.58. The number of carbonyl (C=O) groups is 5. The van der Waals surface area contributed by atoms with Crippen LogP contribution in [-0.2, 0) is 19.2 Å². The highest BCUT2D eigenvalue weighted by atomic mass is 16.4. The number of carbonyl (C=O) groups excluding carboxylic acids is 4. The number of aliphatic carboxylic acids is 1. The first-order chi connectivity index (χ1) is 14.1. The lowest BCUT2D eigenvalue weighted by atomic mass is 10.1. The van der Waals surface area contributed by atoms with Gasteiger partial charge in [0.05, 0.1) is 6.42 Å². The van der Waals surface area contributed by atoms with Crippen molar-refractivity contribution in [1.82, 2.24) is 10.6 Å². The maximum Gasteiger partial charge on any atom is 0.305 e. The van der Waals surface area contributed by atoms with Gasteiger partial charge in [0.1, 0.15) is 12.1 Å². The Morgan fingerprint density at radius 1 is 1.00 bits per heavy atom. The zero-order valence-electron chi connectivity index (χ0n) is 16.6. The Kier molecular flexibility index (Phi) is 9.97. The molecule has 0 aliphatic carbocycles. The van der Waals surface area contributed by atoms with Gasteiger partial charge in [0, 0.05) is 18.2 Å². The van der Waals surface area contributed by atoms with Crippen LogP contribution in [0.4, 0.5) is 5.69 Å². The van der Waals surface area contributed by atoms with E-state index < -0.39 is 42.2 Å². The highest BCUT2D eigenvalue weighted by Crippen LogP contribution is 2.12. The van der Waals surface area contributed by atoms with Crippen molar-refractivity contribution in [3.05, 3.63) is 29.8 Å². The second kappa shape index (κ2) is 12.2. The molecule has 1 rings (SSSR count). The molecule has 11 nitrogen and oxygen atoms in total. The maximum absolute atomic E-state index is 12.4. The summed E-state index contributed by atoms with van der Waals surface area (Å²) < 4.78 is 0. The summed E-state index contributed by atoms with van der Waals surface area (Å²) in [4.78, 5) is 58.0. The normalized spacial score (nSPS) is 12.3. The van der Waals surface area contributed by atoms with E-state index in [0.29, 0.717) is 25.1 Å². The van der Waals surface area contributed by atoms with E-state index >= 15 is 0 Å². The van der Waals surface area contributed by atoms with Gasteiger partial charge in [0.15, 0.2) is 0 Å². The van der Waals surface area contributed by atoms with Crippen LogP contribution in [0.3, 0.4) is 0 Å². The van der Waals surface area contributed by atoms with Gasteiger partial charge < -0.3 is 32.5 Å². The Morgan fingerprint density at radius 2 is 1.63 bits per heavy atom. The Balaban J connectivity index is 2.76. The molecular weight excluding hydrogens is 394 g/mol. The lowest BCUT2D eigenvalue weighted by Crippen LogP contribution is -2.45. The van der Waals surface area contributed by atoms with Gasteiger partial charge in [0.2, 0.25) is 17.7 Å². The molecule has 1 unspecified atom stereocenters. The number of nitrogens with two attached hydrogens (primary N) is 2. The molecule has 1 aromatic carbocycles. The van der Waals surface area contributed by atoms with Crippen molar-refractivity contribution in [2.45, 2.75) is 44.7 Å². The summed E-state index contributed by atoms with van der Waals surface area (Å²) in [6, 6.07) is 3.66. The van der Waals surface area contributed by atoms with Crippen molar-refractivity contribution in [2.24, 2.45) is 11.5 Å². The minimum Gasteiger partial charge on any atom is -0.481 e. The van der Waals surface area contributed by atoms with Crippen molar-refractivity contribution in [1.29, 1.82) is 0 Å². The summed E-state index contributed by atoms with van der Waals surface area (Å²) in [5.74, 6) is -3.67. The molecule has 0 bridgehead atoms. The smallest absolute Gasteiger partial charge is 0.305 e. The number of unbranched alkanes of at least 4 members (excludes halogenated alkanes) is 1. The number of carboxylic acid groups (broad SMARTS) is 1. The average molecular weight is 421 g/mol. The molecule has 0 aromatic heterocycles. The van der Waals surface area contributed by atoms with E-state index in [2.05, 4.69) is 16.0 Å². The minimum absolute atomic E-state index is 0.144. The highest BCUT2D eigenvalue weighted by Gasteiger charge is 2.22. The molecule has 4 amide bonds. The van der Waals surface area contributed by atoms with Crippen LogP contribution in [0.2, 0.25) is 0 Å². The van der Waals surface area contributed by atoms with Crippen LogP contribution in [-0.4, -0.2) is 53.3 Å². The van der Waals surface area contributed by atoms with Crippen LogP contribution in [0.1, 0.15) is 43.0 Å². The molecule has 30 heavy (non-hydrogen) atoms. The predicted molar refractivity (Wildman–Crippen MR) is 108 cm³/mol. The quantitative estimate of drug-likeness (QED) is 0.240. The Bertz CT molecular complexity index is 780. The molecule has 0 spiro atoms. The van der Waals surface area contributed by atoms with Crippen LogP contribution in [0, 0.1) is 0 Å². The molecule has 0 heterocycles. The molecule has 2 atom stereocenters. The van der Waals surface area contributed by atoms with Gasteiger partial charge in [-0.05, 0) is 50.1 Å². The number of carboxylic acids is 1. The predicted octanol–water partition coefficient (Wildman–Crippen LogP) is -0.683. The number of benzene rings is 1. The van der Waals surface area contributed by atoms with Gasteiger partial charge >= 0.3 is 5.97 Å². The molecule has 0 aliphatic rings. The van der Waals surface area contributed by atoms with Gasteiger partial charge in [-0.25, -0.2) is 0 Å². The number of amides is 4. The van der Waals surface area contributed by atoms with E-state index in [1.165, 1.54) is 31.2 Å². The van der Waals surface area contributed by atoms with Crippen molar-refractivity contribution < 1.29 is 29.1 Å². The topological polar surface area (TPSA) is 194 Å². The second-order valence-corrected chi connectivity index (χ2v) is 6.63. The number of hydrogen-bond donors (Lipinski definition) is 6. The van der Waals surface area contributed by atoms with Gasteiger partial charge in [-0.1, -0.05) is 0 Å². The molecule has 8 N–H and O–H groups in total. The summed E-state index contributed by atoms with van der Waals surface area (Å²) in [7, 11) is 0. The second-order valence-electron chi connectivity index (χ2n) is 6.63. The number of primary amides is 1. The zero-order chi connectivity index (χ0) is 22.7. The summed E-state index contributed by atoms with van der Waals surface area (Å²) in [6.07, 6.45) is 1.19. The number of nitrogens with one attached hydrogen (secondary N) is 3. The largest absolute Gasteiger partial charge is 0.481 e. The Hall–Kier alpha value is -3.47. The molecule has 0 radical (unpaired) electrons. The molecule has 0 fully saturated rings. The zero-order valence-corrected chi connectivity index (χ0v) is 16.6. The Morgan fingerprint density at radius 3 is 2.13 bits per heavy atom. The summed E-state index contributed by atoms with van der Waals surface area (Å²) in [6.45, 7) is 1.81. The average Bonchev–Trinajstić information content (AvgIpc) is 2.66. The molecule has 164 valence electrons. The summed E-state index contributed by atoms with van der Waals surface area (Å²) >= 11 is 0. The first-order valence-electron chi connectivity index (χ1n) is 9.34. The van der Waals surface area contributed by atoms with Gasteiger partial charge in [-0.15, -0.1) is 0 Å². The molecule has 11 heteroatoms. The van der Waals surface area contributed by atoms with E-state index in [-0.39, 0.29) is 11.5 Å². The number of anilines is 1. The van der Waals surface area contributed by atoms with Gasteiger partial charge in [-0.3, -0.25) is 24.0 Å². The Labute approximate surface area is 173 Å². The van der Waals surface area contributed by atoms with Crippen LogP contribution >= 0.6 is 0 Å². The van der Waals surface area contributed by atoms with Gasteiger partial charge in [-0.2, -0.15) is 0 Å². The maximum atomic E-state index is 12.4. The third kappa shape index (κ3) is 8.69. The molecule has 0 saturated heterocycles. The van der Waals surface area contributed by atoms with E-state index in [4.69, 9.17) is 16.6 Å².